The molecule has 2 fully saturated rings. The minimum Gasteiger partial charge on any atom is -0.473 e. The molecule has 2 aromatic rings. The third kappa shape index (κ3) is 3.82. The van der Waals surface area contributed by atoms with Gasteiger partial charge in [-0.25, -0.2) is 14.0 Å². The average Bonchev–Trinajstić information content (AvgIpc) is 3.02. The molecular weight excluding hydrogens is 387 g/mol. The number of carbonyl (C=O) groups is 2. The van der Waals surface area contributed by atoms with E-state index >= 15 is 0 Å². The summed E-state index contributed by atoms with van der Waals surface area (Å²) in [5.74, 6) is -3.26. The highest BCUT2D eigenvalue weighted by atomic mass is 19.1. The summed E-state index contributed by atoms with van der Waals surface area (Å²) in [5, 5.41) is 14.8. The van der Waals surface area contributed by atoms with Crippen LogP contribution in [-0.4, -0.2) is 64.7 Å². The maximum absolute atomic E-state index is 14.1. The number of hydrogen-bond donors (Lipinski definition) is 2. The Hall–Kier alpha value is -2.77. The van der Waals surface area contributed by atoms with Crippen molar-refractivity contribution in [3.05, 3.63) is 70.5 Å². The number of nitrogens with zero attached hydrogens (tertiary/aromatic N) is 2. The van der Waals surface area contributed by atoms with E-state index in [0.717, 1.165) is 26.1 Å². The van der Waals surface area contributed by atoms with Gasteiger partial charge in [-0.1, -0.05) is 30.3 Å². The summed E-state index contributed by atoms with van der Waals surface area (Å²) in [4.78, 5) is 23.3. The van der Waals surface area contributed by atoms with E-state index in [1.165, 1.54) is 28.7 Å². The number of piperazine rings is 1. The number of rotatable bonds is 0. The largest absolute Gasteiger partial charge is 0.473 e. The highest BCUT2D eigenvalue weighted by Gasteiger charge is 2.46. The number of fused-ring (bicyclic) bond motifs is 7. The first-order chi connectivity index (χ1) is 14.3. The fourth-order valence-electron chi connectivity index (χ4n) is 5.21. The number of carboxylic acid groups (broad SMARTS) is 2. The molecule has 0 aromatic heterocycles. The average molecular weight is 412 g/mol. The Morgan fingerprint density at radius 2 is 1.70 bits per heavy atom. The SMILES string of the molecule is CN1CCN2[C@H](C[C@@H]3c4ccccc4Cc4ccc(F)cc4[C@H]32)C1.O=C(O)C(=O)O. The second-order valence-corrected chi connectivity index (χ2v) is 8.27. The second-order valence-electron chi connectivity index (χ2n) is 8.27. The number of likely N-dealkylation sites (N-methyl/N-ethyl adjacent to an activating group) is 1. The molecule has 3 atom stereocenters. The van der Waals surface area contributed by atoms with Crippen LogP contribution < -0.4 is 0 Å². The summed E-state index contributed by atoms with van der Waals surface area (Å²) in [7, 11) is 2.22. The van der Waals surface area contributed by atoms with Gasteiger partial charge in [0.15, 0.2) is 0 Å². The topological polar surface area (TPSA) is 81.1 Å². The lowest BCUT2D eigenvalue weighted by Crippen LogP contribution is -2.49. The predicted molar refractivity (Wildman–Crippen MR) is 109 cm³/mol. The van der Waals surface area contributed by atoms with Crippen LogP contribution in [0.3, 0.4) is 0 Å². The molecule has 0 saturated carbocycles. The quantitative estimate of drug-likeness (QED) is 0.648. The summed E-state index contributed by atoms with van der Waals surface area (Å²) >= 11 is 0. The van der Waals surface area contributed by atoms with Crippen LogP contribution in [0.4, 0.5) is 4.39 Å². The Morgan fingerprint density at radius 1 is 1.00 bits per heavy atom. The van der Waals surface area contributed by atoms with Gasteiger partial charge in [-0.05, 0) is 54.3 Å². The molecule has 7 heteroatoms. The lowest BCUT2D eigenvalue weighted by atomic mass is 9.87. The lowest BCUT2D eigenvalue weighted by molar-refractivity contribution is -0.159. The Kier molecular flexibility index (Phi) is 5.58. The molecule has 1 aliphatic carbocycles. The lowest BCUT2D eigenvalue weighted by Gasteiger charge is -2.39. The maximum Gasteiger partial charge on any atom is 0.414 e. The maximum atomic E-state index is 14.1. The summed E-state index contributed by atoms with van der Waals surface area (Å²) in [5.41, 5.74) is 5.43. The summed E-state index contributed by atoms with van der Waals surface area (Å²) in [6.07, 6.45) is 2.11. The van der Waals surface area contributed by atoms with Crippen LogP contribution in [0.1, 0.15) is 40.6 Å². The van der Waals surface area contributed by atoms with Crippen molar-refractivity contribution in [2.45, 2.75) is 30.8 Å². The van der Waals surface area contributed by atoms with Crippen molar-refractivity contribution in [2.75, 3.05) is 26.7 Å². The second kappa shape index (κ2) is 8.16. The Labute approximate surface area is 174 Å². The van der Waals surface area contributed by atoms with Gasteiger partial charge in [0, 0.05) is 37.6 Å². The van der Waals surface area contributed by atoms with E-state index in [4.69, 9.17) is 19.8 Å². The smallest absolute Gasteiger partial charge is 0.414 e. The van der Waals surface area contributed by atoms with E-state index in [0.29, 0.717) is 18.0 Å². The molecule has 0 bridgehead atoms. The van der Waals surface area contributed by atoms with Crippen molar-refractivity contribution < 1.29 is 24.2 Å². The van der Waals surface area contributed by atoms with E-state index < -0.39 is 11.9 Å². The zero-order valence-electron chi connectivity index (χ0n) is 16.8. The van der Waals surface area contributed by atoms with Crippen molar-refractivity contribution in [3.63, 3.8) is 0 Å². The molecule has 0 unspecified atom stereocenters. The standard InChI is InChI=1S/C21H23FN2.C2H2O4/c1-23-8-9-24-17(13-23)12-20-18-5-3-2-4-14(18)10-15-6-7-16(22)11-19(15)21(20)24;3-1(4)2(5)6/h2-7,11,17,20-21H,8-10,12-13H2,1H3;(H,3,4)(H,5,6)/t17-,20-,21-;/m1./s1. The number of benzene rings is 2. The van der Waals surface area contributed by atoms with Crippen molar-refractivity contribution >= 4 is 11.9 Å². The molecule has 0 amide bonds. The van der Waals surface area contributed by atoms with Crippen molar-refractivity contribution in [2.24, 2.45) is 0 Å². The number of halogens is 1. The molecule has 6 nitrogen and oxygen atoms in total. The Balaban J connectivity index is 0.000000322. The zero-order valence-corrected chi connectivity index (χ0v) is 16.8. The van der Waals surface area contributed by atoms with Gasteiger partial charge >= 0.3 is 11.9 Å². The molecule has 2 N–H and O–H groups in total. The number of aliphatic carboxylic acids is 2. The van der Waals surface area contributed by atoms with E-state index in [9.17, 15) is 4.39 Å². The van der Waals surface area contributed by atoms with Crippen LogP contribution in [-0.2, 0) is 16.0 Å². The van der Waals surface area contributed by atoms with Gasteiger partial charge in [-0.15, -0.1) is 0 Å². The molecule has 2 heterocycles. The molecule has 3 aliphatic rings. The summed E-state index contributed by atoms with van der Waals surface area (Å²) in [6.45, 7) is 3.31. The first-order valence-electron chi connectivity index (χ1n) is 10.1. The molecule has 5 rings (SSSR count). The molecule has 0 spiro atoms. The van der Waals surface area contributed by atoms with Gasteiger partial charge in [-0.2, -0.15) is 0 Å². The van der Waals surface area contributed by atoms with Crippen molar-refractivity contribution in [1.29, 1.82) is 0 Å². The monoisotopic (exact) mass is 412 g/mol. The summed E-state index contributed by atoms with van der Waals surface area (Å²) in [6, 6.07) is 15.2. The van der Waals surface area contributed by atoms with Crippen molar-refractivity contribution in [3.8, 4) is 0 Å². The third-order valence-electron chi connectivity index (χ3n) is 6.44. The third-order valence-corrected chi connectivity index (χ3v) is 6.44. The van der Waals surface area contributed by atoms with Gasteiger partial charge in [0.2, 0.25) is 0 Å². The van der Waals surface area contributed by atoms with E-state index in [-0.39, 0.29) is 5.82 Å². The van der Waals surface area contributed by atoms with Crippen LogP contribution in [0.2, 0.25) is 0 Å². The fourth-order valence-corrected chi connectivity index (χ4v) is 5.21. The first kappa shape index (κ1) is 20.5. The van der Waals surface area contributed by atoms with Gasteiger partial charge in [0.1, 0.15) is 5.82 Å². The molecular formula is C23H25FN2O4. The van der Waals surface area contributed by atoms with Gasteiger partial charge < -0.3 is 15.1 Å². The predicted octanol–water partition coefficient (Wildman–Crippen LogP) is 2.73. The highest BCUT2D eigenvalue weighted by Crippen LogP contribution is 2.51. The zero-order chi connectivity index (χ0) is 21.4. The van der Waals surface area contributed by atoms with Crippen LogP contribution in [0.25, 0.3) is 0 Å². The minimum atomic E-state index is -1.82. The minimum absolute atomic E-state index is 0.101. The van der Waals surface area contributed by atoms with Gasteiger partial charge in [-0.3, -0.25) is 4.90 Å². The Bertz CT molecular complexity index is 967. The van der Waals surface area contributed by atoms with Crippen LogP contribution >= 0.6 is 0 Å². The van der Waals surface area contributed by atoms with Crippen LogP contribution in [0.5, 0.6) is 0 Å². The molecule has 2 aliphatic heterocycles. The van der Waals surface area contributed by atoms with Crippen LogP contribution in [0, 0.1) is 5.82 Å². The number of hydrogen-bond acceptors (Lipinski definition) is 4. The fraction of sp³-hybridized carbons (Fsp3) is 0.391. The normalized spacial score (nSPS) is 24.9. The van der Waals surface area contributed by atoms with Crippen molar-refractivity contribution in [1.82, 2.24) is 9.80 Å². The highest BCUT2D eigenvalue weighted by molar-refractivity contribution is 6.27. The van der Waals surface area contributed by atoms with Gasteiger partial charge in [0.25, 0.3) is 0 Å². The van der Waals surface area contributed by atoms with E-state index in [2.05, 4.69) is 41.1 Å². The molecule has 30 heavy (non-hydrogen) atoms. The van der Waals surface area contributed by atoms with E-state index in [1.807, 2.05) is 6.07 Å². The molecule has 2 aromatic carbocycles. The molecule has 0 radical (unpaired) electrons. The van der Waals surface area contributed by atoms with E-state index in [1.54, 1.807) is 12.1 Å². The first-order valence-corrected chi connectivity index (χ1v) is 10.1. The van der Waals surface area contributed by atoms with Gasteiger partial charge in [0.05, 0.1) is 0 Å². The van der Waals surface area contributed by atoms with Crippen LogP contribution in [0.15, 0.2) is 42.5 Å². The number of carboxylic acids is 2. The molecule has 158 valence electrons. The molecule has 2 saturated heterocycles. The summed E-state index contributed by atoms with van der Waals surface area (Å²) < 4.78 is 14.1. The Morgan fingerprint density at radius 3 is 2.43 bits per heavy atom.